The van der Waals surface area contributed by atoms with E-state index in [2.05, 4.69) is 16.2 Å². The molecule has 15 heavy (non-hydrogen) atoms. The minimum Gasteiger partial charge on any atom is -0.475 e. The maximum absolute atomic E-state index is 5.30. The lowest BCUT2D eigenvalue weighted by Crippen LogP contribution is -2.05. The number of pyridine rings is 1. The fraction of sp³-hybridized carbons (Fsp3) is 0.364. The summed E-state index contributed by atoms with van der Waals surface area (Å²) >= 11 is 0. The first-order valence-corrected chi connectivity index (χ1v) is 4.62. The predicted molar refractivity (Wildman–Crippen MR) is 58.9 cm³/mol. The minimum atomic E-state index is 0.492. The summed E-state index contributed by atoms with van der Waals surface area (Å²) in [6.07, 6.45) is 6.80. The Morgan fingerprint density at radius 1 is 1.47 bits per heavy atom. The van der Waals surface area contributed by atoms with Gasteiger partial charge in [0, 0.05) is 13.2 Å². The number of aromatic nitrogens is 1. The van der Waals surface area contributed by atoms with Crippen molar-refractivity contribution in [3.63, 3.8) is 0 Å². The largest absolute Gasteiger partial charge is 0.475 e. The highest BCUT2D eigenvalue weighted by Gasteiger charge is 1.95. The van der Waals surface area contributed by atoms with Crippen molar-refractivity contribution in [3.05, 3.63) is 18.3 Å². The van der Waals surface area contributed by atoms with Gasteiger partial charge in [-0.25, -0.2) is 4.98 Å². The summed E-state index contributed by atoms with van der Waals surface area (Å²) in [7, 11) is 1.63. The summed E-state index contributed by atoms with van der Waals surface area (Å²) < 4.78 is 10.2. The second kappa shape index (κ2) is 6.68. The molecule has 0 aliphatic carbocycles. The third-order valence-electron chi connectivity index (χ3n) is 1.67. The standard InChI is InChI=1S/C11H14N2O2/c1-3-6-12-10-4-5-11(13-9-10)15-8-7-14-2/h1,4-5,9,12H,6-8H2,2H3. The zero-order valence-corrected chi connectivity index (χ0v) is 8.69. The van der Waals surface area contributed by atoms with Crippen molar-refractivity contribution < 1.29 is 9.47 Å². The van der Waals surface area contributed by atoms with Crippen LogP contribution in [0.5, 0.6) is 5.88 Å². The zero-order valence-electron chi connectivity index (χ0n) is 8.69. The van der Waals surface area contributed by atoms with Crippen LogP contribution < -0.4 is 10.1 Å². The first-order chi connectivity index (χ1) is 7.36. The van der Waals surface area contributed by atoms with E-state index in [1.807, 2.05) is 6.07 Å². The summed E-state index contributed by atoms with van der Waals surface area (Å²) in [4.78, 5) is 4.09. The monoisotopic (exact) mass is 206 g/mol. The van der Waals surface area contributed by atoms with Gasteiger partial charge in [0.1, 0.15) is 6.61 Å². The van der Waals surface area contributed by atoms with Gasteiger partial charge < -0.3 is 14.8 Å². The van der Waals surface area contributed by atoms with Gasteiger partial charge in [-0.15, -0.1) is 6.42 Å². The van der Waals surface area contributed by atoms with E-state index < -0.39 is 0 Å². The second-order valence-corrected chi connectivity index (χ2v) is 2.78. The van der Waals surface area contributed by atoms with Crippen LogP contribution in [-0.2, 0) is 4.74 Å². The van der Waals surface area contributed by atoms with Crippen LogP contribution in [0.15, 0.2) is 18.3 Å². The van der Waals surface area contributed by atoms with E-state index in [1.54, 1.807) is 19.4 Å². The summed E-state index contributed by atoms with van der Waals surface area (Å²) in [6.45, 7) is 1.55. The SMILES string of the molecule is C#CCNc1ccc(OCCOC)nc1. The van der Waals surface area contributed by atoms with E-state index in [9.17, 15) is 0 Å². The molecule has 0 atom stereocenters. The molecule has 4 heteroatoms. The molecule has 80 valence electrons. The molecule has 0 fully saturated rings. The summed E-state index contributed by atoms with van der Waals surface area (Å²) in [6, 6.07) is 3.65. The molecule has 0 aliphatic heterocycles. The van der Waals surface area contributed by atoms with E-state index in [0.29, 0.717) is 25.6 Å². The van der Waals surface area contributed by atoms with Crippen molar-refractivity contribution in [1.82, 2.24) is 4.98 Å². The highest BCUT2D eigenvalue weighted by Crippen LogP contribution is 2.10. The van der Waals surface area contributed by atoms with E-state index in [4.69, 9.17) is 15.9 Å². The van der Waals surface area contributed by atoms with Crippen LogP contribution in [0.25, 0.3) is 0 Å². The third-order valence-corrected chi connectivity index (χ3v) is 1.67. The summed E-state index contributed by atoms with van der Waals surface area (Å²) in [5.41, 5.74) is 0.882. The van der Waals surface area contributed by atoms with Gasteiger partial charge in [-0.1, -0.05) is 5.92 Å². The Kier molecular flexibility index (Phi) is 5.06. The molecule has 1 aromatic rings. The molecule has 0 spiro atoms. The molecular formula is C11H14N2O2. The molecule has 1 N–H and O–H groups in total. The Morgan fingerprint density at radius 3 is 2.93 bits per heavy atom. The molecule has 1 heterocycles. The number of hydrogen-bond donors (Lipinski definition) is 1. The van der Waals surface area contributed by atoms with Crippen LogP contribution in [0.1, 0.15) is 0 Å². The lowest BCUT2D eigenvalue weighted by Gasteiger charge is -2.05. The highest BCUT2D eigenvalue weighted by atomic mass is 16.5. The van der Waals surface area contributed by atoms with Gasteiger partial charge in [0.25, 0.3) is 0 Å². The fourth-order valence-electron chi connectivity index (χ4n) is 0.953. The maximum Gasteiger partial charge on any atom is 0.213 e. The molecule has 1 rings (SSSR count). The number of nitrogens with zero attached hydrogens (tertiary/aromatic N) is 1. The van der Waals surface area contributed by atoms with E-state index in [0.717, 1.165) is 5.69 Å². The number of terminal acetylenes is 1. The predicted octanol–water partition coefficient (Wildman–Crippen LogP) is 1.15. The zero-order chi connectivity index (χ0) is 10.9. The Bertz CT molecular complexity index is 316. The number of rotatable bonds is 6. The van der Waals surface area contributed by atoms with E-state index >= 15 is 0 Å². The molecule has 0 radical (unpaired) electrons. The van der Waals surface area contributed by atoms with Crippen LogP contribution >= 0.6 is 0 Å². The van der Waals surface area contributed by atoms with Gasteiger partial charge >= 0.3 is 0 Å². The molecule has 0 bridgehead atoms. The normalized spacial score (nSPS) is 9.33. The number of anilines is 1. The van der Waals surface area contributed by atoms with Crippen LogP contribution in [0.3, 0.4) is 0 Å². The molecule has 0 saturated carbocycles. The van der Waals surface area contributed by atoms with Crippen molar-refractivity contribution in [2.45, 2.75) is 0 Å². The maximum atomic E-state index is 5.30. The number of hydrogen-bond acceptors (Lipinski definition) is 4. The number of ether oxygens (including phenoxy) is 2. The molecule has 0 saturated heterocycles. The van der Waals surface area contributed by atoms with Crippen LogP contribution in [0, 0.1) is 12.3 Å². The highest BCUT2D eigenvalue weighted by molar-refractivity contribution is 5.42. The number of methoxy groups -OCH3 is 1. The van der Waals surface area contributed by atoms with Gasteiger partial charge in [-0.05, 0) is 6.07 Å². The molecule has 1 aromatic heterocycles. The van der Waals surface area contributed by atoms with Crippen LogP contribution in [-0.4, -0.2) is 31.9 Å². The molecular weight excluding hydrogens is 192 g/mol. The average molecular weight is 206 g/mol. The van der Waals surface area contributed by atoms with Crippen LogP contribution in [0.4, 0.5) is 5.69 Å². The first-order valence-electron chi connectivity index (χ1n) is 4.62. The molecule has 4 nitrogen and oxygen atoms in total. The van der Waals surface area contributed by atoms with Gasteiger partial charge in [0.05, 0.1) is 25.0 Å². The van der Waals surface area contributed by atoms with Crippen molar-refractivity contribution in [3.8, 4) is 18.2 Å². The van der Waals surface area contributed by atoms with Crippen molar-refractivity contribution in [1.29, 1.82) is 0 Å². The Balaban J connectivity index is 2.39. The first kappa shape index (κ1) is 11.3. The van der Waals surface area contributed by atoms with Crippen molar-refractivity contribution >= 4 is 5.69 Å². The Morgan fingerprint density at radius 2 is 2.33 bits per heavy atom. The quantitative estimate of drug-likeness (QED) is 0.560. The molecule has 0 unspecified atom stereocenters. The molecule has 0 amide bonds. The van der Waals surface area contributed by atoms with Gasteiger partial charge in [-0.2, -0.15) is 0 Å². The summed E-state index contributed by atoms with van der Waals surface area (Å²) in [5.74, 6) is 3.07. The third kappa shape index (κ3) is 4.34. The summed E-state index contributed by atoms with van der Waals surface area (Å²) in [5, 5.41) is 3.01. The van der Waals surface area contributed by atoms with Gasteiger partial charge in [0.2, 0.25) is 5.88 Å². The van der Waals surface area contributed by atoms with Gasteiger partial charge in [-0.3, -0.25) is 0 Å². The van der Waals surface area contributed by atoms with E-state index in [-0.39, 0.29) is 0 Å². The number of nitrogens with one attached hydrogen (secondary N) is 1. The average Bonchev–Trinajstić information content (AvgIpc) is 2.28. The minimum absolute atomic E-state index is 0.492. The lowest BCUT2D eigenvalue weighted by molar-refractivity contribution is 0.144. The lowest BCUT2D eigenvalue weighted by atomic mass is 10.4. The van der Waals surface area contributed by atoms with Gasteiger partial charge in [0.15, 0.2) is 0 Å². The smallest absolute Gasteiger partial charge is 0.213 e. The Labute approximate surface area is 89.6 Å². The molecule has 0 aliphatic rings. The molecule has 0 aromatic carbocycles. The fourth-order valence-corrected chi connectivity index (χ4v) is 0.953. The van der Waals surface area contributed by atoms with E-state index in [1.165, 1.54) is 0 Å². The second-order valence-electron chi connectivity index (χ2n) is 2.78. The van der Waals surface area contributed by atoms with Crippen molar-refractivity contribution in [2.24, 2.45) is 0 Å². The van der Waals surface area contributed by atoms with Crippen molar-refractivity contribution in [2.75, 3.05) is 32.2 Å². The topological polar surface area (TPSA) is 43.4 Å². The van der Waals surface area contributed by atoms with Crippen LogP contribution in [0.2, 0.25) is 0 Å². The Hall–Kier alpha value is -1.73.